The Labute approximate surface area is 84.5 Å². The second-order valence-corrected chi connectivity index (χ2v) is 3.71. The van der Waals surface area contributed by atoms with E-state index < -0.39 is 11.7 Å². The normalized spacial score (nSPS) is 11.7. The number of alkyl halides is 3. The highest BCUT2D eigenvalue weighted by Gasteiger charge is 2.33. The van der Waals surface area contributed by atoms with Gasteiger partial charge in [0.1, 0.15) is 0 Å². The van der Waals surface area contributed by atoms with E-state index in [1.54, 1.807) is 6.26 Å². The molecule has 0 amide bonds. The molecule has 0 radical (unpaired) electrons. The van der Waals surface area contributed by atoms with Crippen LogP contribution in [0.25, 0.3) is 0 Å². The van der Waals surface area contributed by atoms with E-state index in [-0.39, 0.29) is 11.3 Å². The number of hydrogen-bond donors (Lipinski definition) is 1. The highest BCUT2D eigenvalue weighted by atomic mass is 32.2. The number of halogens is 3. The zero-order chi connectivity index (χ0) is 10.8. The Morgan fingerprint density at radius 2 is 2.00 bits per heavy atom. The van der Waals surface area contributed by atoms with Crippen LogP contribution < -0.4 is 5.73 Å². The van der Waals surface area contributed by atoms with Crippen LogP contribution in [0.3, 0.4) is 0 Å². The summed E-state index contributed by atoms with van der Waals surface area (Å²) in [6.07, 6.45) is -2.56. The van der Waals surface area contributed by atoms with Gasteiger partial charge in [0.2, 0.25) is 0 Å². The average molecular weight is 221 g/mol. The number of nitrogens with two attached hydrogens (primary N) is 1. The number of benzene rings is 1. The molecule has 0 fully saturated rings. The molecule has 78 valence electrons. The minimum Gasteiger partial charge on any atom is -0.399 e. The highest BCUT2D eigenvalue weighted by molar-refractivity contribution is 7.97. The summed E-state index contributed by atoms with van der Waals surface area (Å²) in [5, 5.41) is 0. The minimum absolute atomic E-state index is 0.141. The molecule has 0 aromatic heterocycles. The fourth-order valence-corrected chi connectivity index (χ4v) is 1.70. The lowest BCUT2D eigenvalue weighted by Gasteiger charge is -2.12. The van der Waals surface area contributed by atoms with Crippen molar-refractivity contribution >= 4 is 17.4 Å². The molecule has 0 spiro atoms. The van der Waals surface area contributed by atoms with Gasteiger partial charge in [-0.1, -0.05) is 6.07 Å². The molecular weight excluding hydrogens is 211 g/mol. The van der Waals surface area contributed by atoms with Crippen molar-refractivity contribution in [1.82, 2.24) is 0 Å². The summed E-state index contributed by atoms with van der Waals surface area (Å²) in [6, 6.07) is 3.89. The lowest BCUT2D eigenvalue weighted by Crippen LogP contribution is -2.09. The molecule has 2 N–H and O–H groups in total. The van der Waals surface area contributed by atoms with Crippen LogP contribution in [0, 0.1) is 0 Å². The van der Waals surface area contributed by atoms with Crippen molar-refractivity contribution in [1.29, 1.82) is 0 Å². The fourth-order valence-electron chi connectivity index (χ4n) is 1.14. The van der Waals surface area contributed by atoms with E-state index in [0.717, 1.165) is 6.07 Å². The monoisotopic (exact) mass is 221 g/mol. The van der Waals surface area contributed by atoms with Gasteiger partial charge >= 0.3 is 6.18 Å². The SMILES string of the molecule is CSCc1ccc(N)cc1C(F)(F)F. The number of nitrogen functional groups attached to an aromatic ring is 1. The second-order valence-electron chi connectivity index (χ2n) is 2.85. The van der Waals surface area contributed by atoms with Crippen LogP contribution >= 0.6 is 11.8 Å². The smallest absolute Gasteiger partial charge is 0.399 e. The van der Waals surface area contributed by atoms with E-state index in [1.165, 1.54) is 23.9 Å². The van der Waals surface area contributed by atoms with Crippen LogP contribution in [0.15, 0.2) is 18.2 Å². The summed E-state index contributed by atoms with van der Waals surface area (Å²) in [7, 11) is 0. The maximum absolute atomic E-state index is 12.5. The van der Waals surface area contributed by atoms with Crippen molar-refractivity contribution in [2.75, 3.05) is 12.0 Å². The van der Waals surface area contributed by atoms with Gasteiger partial charge in [0.25, 0.3) is 0 Å². The van der Waals surface area contributed by atoms with Gasteiger partial charge in [-0.25, -0.2) is 0 Å². The predicted molar refractivity (Wildman–Crippen MR) is 53.1 cm³/mol. The first-order valence-corrected chi connectivity index (χ1v) is 5.29. The Morgan fingerprint density at radius 3 is 2.50 bits per heavy atom. The molecule has 0 aliphatic carbocycles. The van der Waals surface area contributed by atoms with E-state index in [1.807, 2.05) is 0 Å². The van der Waals surface area contributed by atoms with Crippen LogP contribution in [0.4, 0.5) is 18.9 Å². The molecular formula is C9H10F3NS. The molecule has 0 atom stereocenters. The molecule has 1 nitrogen and oxygen atoms in total. The van der Waals surface area contributed by atoms with Crippen molar-refractivity contribution in [2.45, 2.75) is 11.9 Å². The van der Waals surface area contributed by atoms with Gasteiger partial charge in [-0.2, -0.15) is 24.9 Å². The zero-order valence-corrected chi connectivity index (χ0v) is 8.38. The van der Waals surface area contributed by atoms with Gasteiger partial charge in [-0.05, 0) is 24.0 Å². The molecule has 0 saturated carbocycles. The standard InChI is InChI=1S/C9H10F3NS/c1-14-5-6-2-3-7(13)4-8(6)9(10,11)12/h2-4H,5,13H2,1H3. The van der Waals surface area contributed by atoms with Gasteiger partial charge in [0.15, 0.2) is 0 Å². The Bertz CT molecular complexity index is 322. The molecule has 0 bridgehead atoms. The van der Waals surface area contributed by atoms with E-state index in [0.29, 0.717) is 5.75 Å². The van der Waals surface area contributed by atoms with Crippen LogP contribution in [-0.2, 0) is 11.9 Å². The summed E-state index contributed by atoms with van der Waals surface area (Å²) in [6.45, 7) is 0. The van der Waals surface area contributed by atoms with E-state index >= 15 is 0 Å². The van der Waals surface area contributed by atoms with Crippen molar-refractivity contribution in [2.24, 2.45) is 0 Å². The van der Waals surface area contributed by atoms with Gasteiger partial charge in [0, 0.05) is 11.4 Å². The Morgan fingerprint density at radius 1 is 1.36 bits per heavy atom. The second kappa shape index (κ2) is 4.13. The molecule has 14 heavy (non-hydrogen) atoms. The van der Waals surface area contributed by atoms with Crippen molar-refractivity contribution < 1.29 is 13.2 Å². The maximum Gasteiger partial charge on any atom is 0.416 e. The summed E-state index contributed by atoms with van der Waals surface area (Å²) < 4.78 is 37.5. The number of thioether (sulfide) groups is 1. The molecule has 1 aromatic rings. The lowest BCUT2D eigenvalue weighted by molar-refractivity contribution is -0.138. The molecule has 0 aliphatic heterocycles. The molecule has 0 heterocycles. The first-order chi connectivity index (χ1) is 6.45. The first kappa shape index (κ1) is 11.2. The minimum atomic E-state index is -4.32. The fraction of sp³-hybridized carbons (Fsp3) is 0.333. The number of anilines is 1. The van der Waals surface area contributed by atoms with Crippen molar-refractivity contribution in [3.63, 3.8) is 0 Å². The third kappa shape index (κ3) is 2.57. The summed E-state index contributed by atoms with van der Waals surface area (Å²) in [5.41, 5.74) is 5.10. The third-order valence-corrected chi connectivity index (χ3v) is 2.34. The van der Waals surface area contributed by atoms with Crippen LogP contribution in [0.1, 0.15) is 11.1 Å². The largest absolute Gasteiger partial charge is 0.416 e. The van der Waals surface area contributed by atoms with Crippen molar-refractivity contribution in [3.05, 3.63) is 29.3 Å². The molecule has 1 rings (SSSR count). The van der Waals surface area contributed by atoms with Gasteiger partial charge in [-0.3, -0.25) is 0 Å². The maximum atomic E-state index is 12.5. The Balaban J connectivity index is 3.16. The number of rotatable bonds is 2. The third-order valence-electron chi connectivity index (χ3n) is 1.74. The summed E-state index contributed by atoms with van der Waals surface area (Å²) >= 11 is 1.35. The Kier molecular flexibility index (Phi) is 3.31. The van der Waals surface area contributed by atoms with Crippen molar-refractivity contribution in [3.8, 4) is 0 Å². The average Bonchev–Trinajstić information content (AvgIpc) is 2.07. The van der Waals surface area contributed by atoms with Crippen LogP contribution in [0.5, 0.6) is 0 Å². The topological polar surface area (TPSA) is 26.0 Å². The highest BCUT2D eigenvalue weighted by Crippen LogP contribution is 2.34. The summed E-state index contributed by atoms with van der Waals surface area (Å²) in [5.74, 6) is 0.342. The first-order valence-electron chi connectivity index (χ1n) is 3.89. The molecule has 5 heteroatoms. The summed E-state index contributed by atoms with van der Waals surface area (Å²) in [4.78, 5) is 0. The molecule has 1 aromatic carbocycles. The number of hydrogen-bond acceptors (Lipinski definition) is 2. The van der Waals surface area contributed by atoms with Crippen LogP contribution in [-0.4, -0.2) is 6.26 Å². The quantitative estimate of drug-likeness (QED) is 0.776. The van der Waals surface area contributed by atoms with E-state index in [4.69, 9.17) is 5.73 Å². The van der Waals surface area contributed by atoms with Gasteiger partial charge in [-0.15, -0.1) is 0 Å². The molecule has 0 unspecified atom stereocenters. The lowest BCUT2D eigenvalue weighted by atomic mass is 10.1. The van der Waals surface area contributed by atoms with Crippen LogP contribution in [0.2, 0.25) is 0 Å². The van der Waals surface area contributed by atoms with E-state index in [9.17, 15) is 13.2 Å². The zero-order valence-electron chi connectivity index (χ0n) is 7.56. The molecule has 0 aliphatic rings. The van der Waals surface area contributed by atoms with Gasteiger partial charge in [0.05, 0.1) is 5.56 Å². The Hall–Kier alpha value is -0.840. The van der Waals surface area contributed by atoms with E-state index in [2.05, 4.69) is 0 Å². The molecule has 0 saturated heterocycles. The van der Waals surface area contributed by atoms with Gasteiger partial charge < -0.3 is 5.73 Å². The predicted octanol–water partition coefficient (Wildman–Crippen LogP) is 3.15.